The maximum atomic E-state index is 14.1. The lowest BCUT2D eigenvalue weighted by Crippen LogP contribution is -2.28. The highest BCUT2D eigenvalue weighted by atomic mass is 79.9. The number of aromatic hydroxyl groups is 1. The van der Waals surface area contributed by atoms with Crippen molar-refractivity contribution in [1.29, 1.82) is 0 Å². The number of rotatable bonds is 5. The number of ether oxygens (including phenoxy) is 1. The van der Waals surface area contributed by atoms with E-state index in [1.54, 1.807) is 24.3 Å². The average molecular weight is 522 g/mol. The molecule has 32 heavy (non-hydrogen) atoms. The van der Waals surface area contributed by atoms with E-state index in [1.807, 2.05) is 0 Å². The van der Waals surface area contributed by atoms with Gasteiger partial charge in [-0.3, -0.25) is 14.9 Å². The van der Waals surface area contributed by atoms with Crippen LogP contribution in [-0.2, 0) is 6.54 Å². The van der Waals surface area contributed by atoms with Gasteiger partial charge >= 0.3 is 0 Å². The summed E-state index contributed by atoms with van der Waals surface area (Å²) >= 11 is 9.41. The van der Waals surface area contributed by atoms with Crippen molar-refractivity contribution in [2.45, 2.75) is 12.6 Å². The SMILES string of the molecule is COc1ccc(CN2C(=O)c3c(O)c(Br)cc([N+](=O)[O-])c3C2c2cc(F)ccc2Cl)cc1. The summed E-state index contributed by atoms with van der Waals surface area (Å²) in [4.78, 5) is 25.9. The molecule has 0 radical (unpaired) electrons. The van der Waals surface area contributed by atoms with Gasteiger partial charge in [-0.1, -0.05) is 23.7 Å². The molecule has 0 fully saturated rings. The predicted octanol–water partition coefficient (Wildman–Crippen LogP) is 5.61. The van der Waals surface area contributed by atoms with Gasteiger partial charge in [-0.05, 0) is 51.8 Å². The van der Waals surface area contributed by atoms with Crippen LogP contribution in [0.1, 0.15) is 33.1 Å². The summed E-state index contributed by atoms with van der Waals surface area (Å²) in [5.74, 6) is -1.06. The number of hydrogen-bond donors (Lipinski definition) is 1. The third-order valence-corrected chi connectivity index (χ3v) is 6.24. The molecule has 10 heteroatoms. The number of hydrogen-bond acceptors (Lipinski definition) is 5. The summed E-state index contributed by atoms with van der Waals surface area (Å²) < 4.78 is 19.3. The molecule has 0 aromatic heterocycles. The Morgan fingerprint density at radius 1 is 1.25 bits per heavy atom. The first-order valence-electron chi connectivity index (χ1n) is 9.31. The van der Waals surface area contributed by atoms with Gasteiger partial charge in [-0.25, -0.2) is 4.39 Å². The van der Waals surface area contributed by atoms with E-state index in [1.165, 1.54) is 18.1 Å². The third-order valence-electron chi connectivity index (χ3n) is 5.29. The number of nitro groups is 1. The van der Waals surface area contributed by atoms with Crippen molar-refractivity contribution < 1.29 is 24.0 Å². The Morgan fingerprint density at radius 3 is 2.56 bits per heavy atom. The van der Waals surface area contributed by atoms with Gasteiger partial charge in [0.05, 0.1) is 33.7 Å². The molecule has 1 heterocycles. The first-order chi connectivity index (χ1) is 15.2. The summed E-state index contributed by atoms with van der Waals surface area (Å²) in [7, 11) is 1.53. The van der Waals surface area contributed by atoms with E-state index >= 15 is 0 Å². The molecule has 1 atom stereocenters. The smallest absolute Gasteiger partial charge is 0.277 e. The largest absolute Gasteiger partial charge is 0.506 e. The minimum Gasteiger partial charge on any atom is -0.506 e. The van der Waals surface area contributed by atoms with Crippen LogP contribution >= 0.6 is 27.5 Å². The van der Waals surface area contributed by atoms with Crippen molar-refractivity contribution >= 4 is 39.1 Å². The number of nitrogens with zero attached hydrogens (tertiary/aromatic N) is 2. The maximum Gasteiger partial charge on any atom is 0.277 e. The molecule has 0 aliphatic carbocycles. The zero-order chi connectivity index (χ0) is 23.2. The van der Waals surface area contributed by atoms with Crippen molar-refractivity contribution in [3.8, 4) is 11.5 Å². The van der Waals surface area contributed by atoms with Crippen LogP contribution < -0.4 is 4.74 Å². The molecule has 4 rings (SSSR count). The topological polar surface area (TPSA) is 92.9 Å². The first-order valence-corrected chi connectivity index (χ1v) is 10.5. The Kier molecular flexibility index (Phi) is 5.79. The second-order valence-corrected chi connectivity index (χ2v) is 8.38. The van der Waals surface area contributed by atoms with Gasteiger partial charge < -0.3 is 14.7 Å². The molecule has 164 valence electrons. The number of benzene rings is 3. The normalized spacial score (nSPS) is 15.1. The summed E-state index contributed by atoms with van der Waals surface area (Å²) in [5.41, 5.74) is 0.231. The van der Waals surface area contributed by atoms with Crippen molar-refractivity contribution in [3.63, 3.8) is 0 Å². The molecular formula is C22H15BrClFN2O5. The molecule has 0 saturated carbocycles. The summed E-state index contributed by atoms with van der Waals surface area (Å²) in [6, 6.07) is 10.6. The zero-order valence-corrected chi connectivity index (χ0v) is 18.9. The molecule has 0 spiro atoms. The number of carbonyl (C=O) groups is 1. The van der Waals surface area contributed by atoms with Crippen molar-refractivity contribution in [2.24, 2.45) is 0 Å². The van der Waals surface area contributed by atoms with Crippen LogP contribution in [0.5, 0.6) is 11.5 Å². The average Bonchev–Trinajstić information content (AvgIpc) is 3.05. The minimum absolute atomic E-state index is 0.00619. The number of amides is 1. The standard InChI is InChI=1S/C22H15BrClFN2O5/c1-32-13-5-2-11(3-6-13)10-26-20(14-8-12(25)4-7-16(14)24)18-17(27(30)31)9-15(23)21(28)19(18)22(26)29/h2-9,20,28H,10H2,1H3. The fourth-order valence-electron chi connectivity index (χ4n) is 3.84. The Morgan fingerprint density at radius 2 is 1.94 bits per heavy atom. The maximum absolute atomic E-state index is 14.1. The van der Waals surface area contributed by atoms with Crippen LogP contribution in [-0.4, -0.2) is 27.9 Å². The van der Waals surface area contributed by atoms with Gasteiger partial charge in [-0.2, -0.15) is 0 Å². The number of fused-ring (bicyclic) bond motifs is 1. The molecule has 7 nitrogen and oxygen atoms in total. The molecule has 1 amide bonds. The van der Waals surface area contributed by atoms with E-state index in [0.29, 0.717) is 11.3 Å². The van der Waals surface area contributed by atoms with Gasteiger partial charge in [0.25, 0.3) is 11.6 Å². The lowest BCUT2D eigenvalue weighted by molar-refractivity contribution is -0.385. The zero-order valence-electron chi connectivity index (χ0n) is 16.5. The van der Waals surface area contributed by atoms with Gasteiger partial charge in [-0.15, -0.1) is 0 Å². The molecular weight excluding hydrogens is 507 g/mol. The Hall–Kier alpha value is -3.17. The van der Waals surface area contributed by atoms with Crippen LogP contribution in [0.15, 0.2) is 53.0 Å². The number of methoxy groups -OCH3 is 1. The first kappa shape index (κ1) is 22.0. The van der Waals surface area contributed by atoms with Crippen LogP contribution in [0.4, 0.5) is 10.1 Å². The molecule has 3 aromatic carbocycles. The van der Waals surface area contributed by atoms with E-state index in [-0.39, 0.29) is 38.4 Å². The van der Waals surface area contributed by atoms with Crippen LogP contribution in [0.3, 0.4) is 0 Å². The van der Waals surface area contributed by atoms with E-state index < -0.39 is 28.4 Å². The second-order valence-electron chi connectivity index (χ2n) is 7.12. The van der Waals surface area contributed by atoms with Crippen molar-refractivity contribution in [3.05, 3.63) is 96.2 Å². The van der Waals surface area contributed by atoms with E-state index in [0.717, 1.165) is 18.2 Å². The van der Waals surface area contributed by atoms with Crippen molar-refractivity contribution in [1.82, 2.24) is 4.90 Å². The monoisotopic (exact) mass is 520 g/mol. The van der Waals surface area contributed by atoms with Crippen LogP contribution in [0, 0.1) is 15.9 Å². The number of halogens is 3. The van der Waals surface area contributed by atoms with Gasteiger partial charge in [0.2, 0.25) is 0 Å². The molecule has 1 aliphatic rings. The van der Waals surface area contributed by atoms with Crippen LogP contribution in [0.2, 0.25) is 5.02 Å². The fourth-order valence-corrected chi connectivity index (χ4v) is 4.48. The number of phenols is 1. The minimum atomic E-state index is -1.08. The summed E-state index contributed by atoms with van der Waals surface area (Å²) in [6.45, 7) is 0.0310. The van der Waals surface area contributed by atoms with Gasteiger partial charge in [0.1, 0.15) is 17.3 Å². The number of nitro benzene ring substituents is 1. The lowest BCUT2D eigenvalue weighted by Gasteiger charge is -2.26. The Labute approximate surface area is 195 Å². The van der Waals surface area contributed by atoms with Gasteiger partial charge in [0, 0.05) is 23.2 Å². The Balaban J connectivity index is 1.94. The Bertz CT molecular complexity index is 1250. The summed E-state index contributed by atoms with van der Waals surface area (Å²) in [6.07, 6.45) is 0. The fraction of sp³-hybridized carbons (Fsp3) is 0.136. The second kappa shape index (κ2) is 8.40. The molecule has 1 unspecified atom stereocenters. The van der Waals surface area contributed by atoms with Gasteiger partial charge in [0.15, 0.2) is 0 Å². The van der Waals surface area contributed by atoms with E-state index in [4.69, 9.17) is 16.3 Å². The van der Waals surface area contributed by atoms with E-state index in [9.17, 15) is 24.4 Å². The molecule has 3 aromatic rings. The molecule has 0 bridgehead atoms. The molecule has 0 saturated heterocycles. The number of phenolic OH excluding ortho intramolecular Hbond substituents is 1. The van der Waals surface area contributed by atoms with Crippen molar-refractivity contribution in [2.75, 3.05) is 7.11 Å². The quantitative estimate of drug-likeness (QED) is 0.348. The predicted molar refractivity (Wildman–Crippen MR) is 119 cm³/mol. The van der Waals surface area contributed by atoms with Crippen LogP contribution in [0.25, 0.3) is 0 Å². The lowest BCUT2D eigenvalue weighted by atomic mass is 9.95. The highest BCUT2D eigenvalue weighted by Crippen LogP contribution is 2.50. The van der Waals surface area contributed by atoms with E-state index in [2.05, 4.69) is 15.9 Å². The molecule has 1 N–H and O–H groups in total. The highest BCUT2D eigenvalue weighted by Gasteiger charge is 2.46. The number of carbonyl (C=O) groups excluding carboxylic acids is 1. The highest BCUT2D eigenvalue weighted by molar-refractivity contribution is 9.10. The summed E-state index contributed by atoms with van der Waals surface area (Å²) in [5, 5.41) is 22.6. The third kappa shape index (κ3) is 3.67. The molecule has 1 aliphatic heterocycles.